The molecule has 0 aliphatic heterocycles. The fraction of sp³-hybridized carbons (Fsp3) is 0.481. The number of carbonyl (C=O) groups excluding carboxylic acids is 2. The SMILES string of the molecule is CC[C@@H](C(=O)NC1CCCCC1)N(Cc1cccc(OC)c1)C(=O)COc1ccc(C)cc1. The Kier molecular flexibility index (Phi) is 9.16. The summed E-state index contributed by atoms with van der Waals surface area (Å²) in [5.74, 6) is 1.05. The standard InChI is InChI=1S/C27H36N2O4/c1-4-25(27(31)28-22-10-6-5-7-11-22)29(18-21-9-8-12-24(17-21)32-3)26(30)19-33-23-15-13-20(2)14-16-23/h8-9,12-17,22,25H,4-7,10-11,18-19H2,1-3H3,(H,28,31)/t25-/m0/s1. The van der Waals surface area contributed by atoms with Crippen LogP contribution in [-0.4, -0.2) is 42.5 Å². The van der Waals surface area contributed by atoms with E-state index in [-0.39, 0.29) is 24.5 Å². The first-order valence-corrected chi connectivity index (χ1v) is 11.9. The Morgan fingerprint density at radius 3 is 2.45 bits per heavy atom. The number of ether oxygens (including phenoxy) is 2. The maximum absolute atomic E-state index is 13.3. The van der Waals surface area contributed by atoms with Crippen LogP contribution in [-0.2, 0) is 16.1 Å². The quantitative estimate of drug-likeness (QED) is 0.570. The third-order valence-corrected chi connectivity index (χ3v) is 6.21. The summed E-state index contributed by atoms with van der Waals surface area (Å²) in [6.07, 6.45) is 6.03. The minimum Gasteiger partial charge on any atom is -0.497 e. The molecule has 0 heterocycles. The van der Waals surface area contributed by atoms with Gasteiger partial charge < -0.3 is 19.7 Å². The summed E-state index contributed by atoms with van der Waals surface area (Å²) in [7, 11) is 1.61. The third kappa shape index (κ3) is 7.24. The van der Waals surface area contributed by atoms with Gasteiger partial charge in [-0.1, -0.05) is 56.0 Å². The van der Waals surface area contributed by atoms with E-state index in [4.69, 9.17) is 9.47 Å². The average Bonchev–Trinajstić information content (AvgIpc) is 2.84. The number of carbonyl (C=O) groups is 2. The molecule has 0 spiro atoms. The minimum atomic E-state index is -0.563. The van der Waals surface area contributed by atoms with Crippen LogP contribution < -0.4 is 14.8 Å². The molecule has 3 rings (SSSR count). The molecule has 33 heavy (non-hydrogen) atoms. The molecule has 178 valence electrons. The van der Waals surface area contributed by atoms with Gasteiger partial charge in [-0.05, 0) is 56.0 Å². The van der Waals surface area contributed by atoms with Gasteiger partial charge in [-0.15, -0.1) is 0 Å². The average molecular weight is 453 g/mol. The highest BCUT2D eigenvalue weighted by Gasteiger charge is 2.30. The summed E-state index contributed by atoms with van der Waals surface area (Å²) >= 11 is 0. The van der Waals surface area contributed by atoms with E-state index in [2.05, 4.69) is 5.32 Å². The molecule has 1 aliphatic carbocycles. The van der Waals surface area contributed by atoms with Crippen molar-refractivity contribution in [1.82, 2.24) is 10.2 Å². The topological polar surface area (TPSA) is 67.9 Å². The van der Waals surface area contributed by atoms with E-state index >= 15 is 0 Å². The van der Waals surface area contributed by atoms with Crippen molar-refractivity contribution in [1.29, 1.82) is 0 Å². The lowest BCUT2D eigenvalue weighted by Gasteiger charge is -2.32. The first-order chi connectivity index (χ1) is 16.0. The molecule has 0 radical (unpaired) electrons. The zero-order chi connectivity index (χ0) is 23.6. The molecule has 6 nitrogen and oxygen atoms in total. The van der Waals surface area contributed by atoms with Crippen LogP contribution in [0.4, 0.5) is 0 Å². The highest BCUT2D eigenvalue weighted by molar-refractivity contribution is 5.88. The Labute approximate surface area is 197 Å². The zero-order valence-corrected chi connectivity index (χ0v) is 20.0. The van der Waals surface area contributed by atoms with Crippen molar-refractivity contribution < 1.29 is 19.1 Å². The van der Waals surface area contributed by atoms with Crippen LogP contribution in [0.1, 0.15) is 56.6 Å². The molecule has 0 unspecified atom stereocenters. The van der Waals surface area contributed by atoms with Crippen LogP contribution in [0.25, 0.3) is 0 Å². The van der Waals surface area contributed by atoms with Gasteiger partial charge in [0.15, 0.2) is 6.61 Å². The van der Waals surface area contributed by atoms with Gasteiger partial charge in [-0.2, -0.15) is 0 Å². The van der Waals surface area contributed by atoms with Gasteiger partial charge in [0, 0.05) is 12.6 Å². The summed E-state index contributed by atoms with van der Waals surface area (Å²) in [5.41, 5.74) is 2.03. The summed E-state index contributed by atoms with van der Waals surface area (Å²) in [4.78, 5) is 28.2. The number of rotatable bonds is 10. The summed E-state index contributed by atoms with van der Waals surface area (Å²) in [6.45, 7) is 4.13. The maximum atomic E-state index is 13.3. The van der Waals surface area contributed by atoms with E-state index in [0.29, 0.717) is 18.7 Å². The first-order valence-electron chi connectivity index (χ1n) is 11.9. The van der Waals surface area contributed by atoms with Gasteiger partial charge in [0.05, 0.1) is 7.11 Å². The minimum absolute atomic E-state index is 0.0871. The molecular formula is C27H36N2O4. The first kappa shape index (κ1) is 24.6. The number of benzene rings is 2. The van der Waals surface area contributed by atoms with Crippen LogP contribution in [0.15, 0.2) is 48.5 Å². The maximum Gasteiger partial charge on any atom is 0.261 e. The van der Waals surface area contributed by atoms with Gasteiger partial charge >= 0.3 is 0 Å². The normalized spacial score (nSPS) is 14.9. The fourth-order valence-corrected chi connectivity index (χ4v) is 4.29. The van der Waals surface area contributed by atoms with Crippen LogP contribution in [0, 0.1) is 6.92 Å². The molecule has 1 atom stereocenters. The second-order valence-electron chi connectivity index (χ2n) is 8.74. The number of nitrogens with zero attached hydrogens (tertiary/aromatic N) is 1. The fourth-order valence-electron chi connectivity index (χ4n) is 4.29. The molecule has 6 heteroatoms. The lowest BCUT2D eigenvalue weighted by molar-refractivity contribution is -0.143. The molecular weight excluding hydrogens is 416 g/mol. The van der Waals surface area contributed by atoms with Gasteiger partial charge in [0.1, 0.15) is 17.5 Å². The number of hydrogen-bond donors (Lipinski definition) is 1. The molecule has 0 aromatic heterocycles. The molecule has 2 amide bonds. The Hall–Kier alpha value is -3.02. The molecule has 2 aromatic rings. The van der Waals surface area contributed by atoms with Gasteiger partial charge in [-0.3, -0.25) is 9.59 Å². The number of amides is 2. The number of methoxy groups -OCH3 is 1. The predicted molar refractivity (Wildman–Crippen MR) is 129 cm³/mol. The number of hydrogen-bond acceptors (Lipinski definition) is 4. The highest BCUT2D eigenvalue weighted by Crippen LogP contribution is 2.20. The monoisotopic (exact) mass is 452 g/mol. The van der Waals surface area contributed by atoms with Crippen LogP contribution in [0.3, 0.4) is 0 Å². The van der Waals surface area contributed by atoms with E-state index < -0.39 is 6.04 Å². The van der Waals surface area contributed by atoms with E-state index in [1.165, 1.54) is 6.42 Å². The number of aryl methyl sites for hydroxylation is 1. The predicted octanol–water partition coefficient (Wildman–Crippen LogP) is 4.64. The van der Waals surface area contributed by atoms with Crippen molar-refractivity contribution in [2.75, 3.05) is 13.7 Å². The van der Waals surface area contributed by atoms with E-state index in [9.17, 15) is 9.59 Å². The van der Waals surface area contributed by atoms with Crippen LogP contribution in [0.2, 0.25) is 0 Å². The third-order valence-electron chi connectivity index (χ3n) is 6.21. The largest absolute Gasteiger partial charge is 0.497 e. The summed E-state index contributed by atoms with van der Waals surface area (Å²) < 4.78 is 11.1. The molecule has 0 saturated heterocycles. The van der Waals surface area contributed by atoms with Gasteiger partial charge in [0.25, 0.3) is 5.91 Å². The molecule has 1 N–H and O–H groups in total. The molecule has 2 aromatic carbocycles. The van der Waals surface area contributed by atoms with Gasteiger partial charge in [0.2, 0.25) is 5.91 Å². The van der Waals surface area contributed by atoms with Crippen LogP contribution >= 0.6 is 0 Å². The number of nitrogens with one attached hydrogen (secondary N) is 1. The molecule has 0 bridgehead atoms. The second-order valence-corrected chi connectivity index (χ2v) is 8.74. The Balaban J connectivity index is 1.76. The van der Waals surface area contributed by atoms with E-state index in [1.54, 1.807) is 12.0 Å². The van der Waals surface area contributed by atoms with Crippen molar-refractivity contribution >= 4 is 11.8 Å². The van der Waals surface area contributed by atoms with Crippen LogP contribution in [0.5, 0.6) is 11.5 Å². The highest BCUT2D eigenvalue weighted by atomic mass is 16.5. The molecule has 1 fully saturated rings. The Bertz CT molecular complexity index is 907. The van der Waals surface area contributed by atoms with Crippen molar-refractivity contribution in [2.45, 2.75) is 71.0 Å². The molecule has 1 aliphatic rings. The van der Waals surface area contributed by atoms with Crippen molar-refractivity contribution in [3.05, 3.63) is 59.7 Å². The van der Waals surface area contributed by atoms with Crippen molar-refractivity contribution in [2.24, 2.45) is 0 Å². The van der Waals surface area contributed by atoms with E-state index in [1.807, 2.05) is 62.4 Å². The van der Waals surface area contributed by atoms with Crippen molar-refractivity contribution in [3.63, 3.8) is 0 Å². The molecule has 1 saturated carbocycles. The lowest BCUT2D eigenvalue weighted by atomic mass is 9.95. The van der Waals surface area contributed by atoms with E-state index in [0.717, 1.165) is 42.6 Å². The Morgan fingerprint density at radius 1 is 1.06 bits per heavy atom. The van der Waals surface area contributed by atoms with Gasteiger partial charge in [-0.25, -0.2) is 0 Å². The van der Waals surface area contributed by atoms with Crippen molar-refractivity contribution in [3.8, 4) is 11.5 Å². The summed E-state index contributed by atoms with van der Waals surface area (Å²) in [6, 6.07) is 14.8. The summed E-state index contributed by atoms with van der Waals surface area (Å²) in [5, 5.41) is 3.20. The second kappa shape index (κ2) is 12.3. The smallest absolute Gasteiger partial charge is 0.261 e. The lowest BCUT2D eigenvalue weighted by Crippen LogP contribution is -2.52. The Morgan fingerprint density at radius 2 is 1.79 bits per heavy atom. The zero-order valence-electron chi connectivity index (χ0n) is 20.0.